The zero-order valence-electron chi connectivity index (χ0n) is 27.3. The van der Waals surface area contributed by atoms with Crippen LogP contribution in [-0.2, 0) is 11.5 Å². The minimum absolute atomic E-state index is 0.0161. The molecule has 0 atom stereocenters. The van der Waals surface area contributed by atoms with Crippen LogP contribution < -0.4 is 4.74 Å². The molecule has 250 valence electrons. The molecule has 0 bridgehead atoms. The second kappa shape index (κ2) is 12.1. The van der Waals surface area contributed by atoms with Crippen molar-refractivity contribution in [3.8, 4) is 23.2 Å². The second-order valence-electron chi connectivity index (χ2n) is 14.7. The Morgan fingerprint density at radius 1 is 1.19 bits per heavy atom. The molecule has 0 radical (unpaired) electrons. The van der Waals surface area contributed by atoms with E-state index < -0.39 is 11.6 Å². The zero-order chi connectivity index (χ0) is 33.7. The lowest BCUT2D eigenvalue weighted by Gasteiger charge is -2.48. The van der Waals surface area contributed by atoms with Gasteiger partial charge in [0.05, 0.1) is 29.9 Å². The van der Waals surface area contributed by atoms with Crippen LogP contribution in [0.4, 0.5) is 8.78 Å². The smallest absolute Gasteiger partial charge is 0.308 e. The van der Waals surface area contributed by atoms with Gasteiger partial charge in [-0.15, -0.1) is 0 Å². The molecule has 1 aliphatic heterocycles. The van der Waals surface area contributed by atoms with Crippen molar-refractivity contribution in [1.29, 1.82) is 5.26 Å². The highest BCUT2D eigenvalue weighted by molar-refractivity contribution is 5.95. The Morgan fingerprint density at radius 3 is 2.67 bits per heavy atom. The summed E-state index contributed by atoms with van der Waals surface area (Å²) in [6.07, 6.45) is 14.3. The van der Waals surface area contributed by atoms with E-state index in [-0.39, 0.29) is 34.4 Å². The van der Waals surface area contributed by atoms with E-state index in [4.69, 9.17) is 9.84 Å². The van der Waals surface area contributed by atoms with Crippen molar-refractivity contribution in [2.24, 2.45) is 17.3 Å². The van der Waals surface area contributed by atoms with E-state index in [0.717, 1.165) is 73.3 Å². The lowest BCUT2D eigenvalue weighted by atomic mass is 9.63. The molecule has 3 fully saturated rings. The van der Waals surface area contributed by atoms with Crippen molar-refractivity contribution >= 4 is 16.9 Å². The quantitative estimate of drug-likeness (QED) is 0.182. The van der Waals surface area contributed by atoms with Gasteiger partial charge < -0.3 is 14.6 Å². The largest absolute Gasteiger partial charge is 0.474 e. The van der Waals surface area contributed by atoms with Crippen LogP contribution in [0.1, 0.15) is 81.3 Å². The molecule has 2 saturated carbocycles. The summed E-state index contributed by atoms with van der Waals surface area (Å²) in [7, 11) is 0. The summed E-state index contributed by atoms with van der Waals surface area (Å²) in [6.45, 7) is 8.54. The van der Waals surface area contributed by atoms with Gasteiger partial charge in [0.15, 0.2) is 0 Å². The first kappa shape index (κ1) is 31.9. The zero-order valence-corrected chi connectivity index (χ0v) is 27.3. The van der Waals surface area contributed by atoms with Gasteiger partial charge in [0.1, 0.15) is 23.8 Å². The molecule has 7 rings (SSSR count). The van der Waals surface area contributed by atoms with E-state index in [9.17, 15) is 18.8 Å². The molecule has 12 heteroatoms. The van der Waals surface area contributed by atoms with Gasteiger partial charge in [0.25, 0.3) is 5.91 Å². The summed E-state index contributed by atoms with van der Waals surface area (Å²) in [5, 5.41) is 15.3. The minimum atomic E-state index is -3.38. The number of allylic oxidation sites excluding steroid dienone is 1. The Bertz CT molecular complexity index is 1870. The number of fused-ring (bicyclic) bond motifs is 1. The van der Waals surface area contributed by atoms with Gasteiger partial charge in [0.2, 0.25) is 5.88 Å². The fraction of sp³-hybridized carbons (Fsp3) is 0.500. The van der Waals surface area contributed by atoms with E-state index in [1.165, 1.54) is 12.4 Å². The Morgan fingerprint density at radius 2 is 1.96 bits per heavy atom. The van der Waals surface area contributed by atoms with E-state index in [2.05, 4.69) is 46.4 Å². The van der Waals surface area contributed by atoms with Crippen molar-refractivity contribution in [1.82, 2.24) is 34.6 Å². The Balaban J connectivity index is 0.962. The average molecular weight is 655 g/mol. The number of ether oxygens (including phenoxy) is 1. The summed E-state index contributed by atoms with van der Waals surface area (Å²) < 4.78 is 37.5. The molecule has 0 spiro atoms. The number of H-pyrrole nitrogens is 1. The maximum Gasteiger partial charge on any atom is 0.308 e. The van der Waals surface area contributed by atoms with Crippen molar-refractivity contribution in [2.45, 2.75) is 82.8 Å². The molecule has 0 aromatic carbocycles. The highest BCUT2D eigenvalue weighted by Gasteiger charge is 2.47. The molecule has 48 heavy (non-hydrogen) atoms. The lowest BCUT2D eigenvalue weighted by molar-refractivity contribution is 0.0231. The van der Waals surface area contributed by atoms with Crippen molar-refractivity contribution in [2.75, 3.05) is 13.1 Å². The number of hydrogen-bond donors (Lipinski definition) is 1. The number of pyridine rings is 1. The SMILES string of the molecule is C=CC(F)(F)c1cc(C(=O)N2CC(C)(C)C2)cc(OC2CCC(CC3CC(CC#N)(n4cc(-c5ncnc6[nH]ccc56)cn4)C3)CC2)n1. The fourth-order valence-corrected chi connectivity index (χ4v) is 7.95. The van der Waals surface area contributed by atoms with Gasteiger partial charge in [-0.05, 0) is 80.4 Å². The molecule has 1 saturated heterocycles. The summed E-state index contributed by atoms with van der Waals surface area (Å²) >= 11 is 0. The van der Waals surface area contributed by atoms with E-state index in [1.807, 2.05) is 29.3 Å². The highest BCUT2D eigenvalue weighted by atomic mass is 19.3. The molecule has 3 aliphatic rings. The van der Waals surface area contributed by atoms with Gasteiger partial charge in [-0.25, -0.2) is 15.0 Å². The van der Waals surface area contributed by atoms with Crippen molar-refractivity contribution in [3.05, 3.63) is 67.0 Å². The van der Waals surface area contributed by atoms with Crippen molar-refractivity contribution < 1.29 is 18.3 Å². The maximum absolute atomic E-state index is 14.7. The van der Waals surface area contributed by atoms with Crippen LogP contribution in [0, 0.1) is 28.6 Å². The Kier molecular flexibility index (Phi) is 8.04. The summed E-state index contributed by atoms with van der Waals surface area (Å²) in [4.78, 5) is 30.8. The second-order valence-corrected chi connectivity index (χ2v) is 14.7. The van der Waals surface area contributed by atoms with E-state index >= 15 is 0 Å². The number of nitrogens with zero attached hydrogens (tertiary/aromatic N) is 7. The van der Waals surface area contributed by atoms with Crippen LogP contribution in [0.2, 0.25) is 0 Å². The number of hydrogen-bond acceptors (Lipinski definition) is 7. The van der Waals surface area contributed by atoms with Crippen LogP contribution in [0.3, 0.4) is 0 Å². The lowest BCUT2D eigenvalue weighted by Crippen LogP contribution is -2.55. The maximum atomic E-state index is 14.7. The van der Waals surface area contributed by atoms with Crippen LogP contribution in [-0.4, -0.2) is 59.7 Å². The van der Waals surface area contributed by atoms with Gasteiger partial charge in [0, 0.05) is 48.1 Å². The number of likely N-dealkylation sites (tertiary alicyclic amines) is 1. The average Bonchev–Trinajstić information content (AvgIpc) is 3.73. The first-order chi connectivity index (χ1) is 23.0. The number of aromatic amines is 1. The number of aromatic nitrogens is 6. The van der Waals surface area contributed by atoms with Gasteiger partial charge >= 0.3 is 5.92 Å². The molecule has 4 aromatic rings. The third kappa shape index (κ3) is 6.06. The minimum Gasteiger partial charge on any atom is -0.474 e. The van der Waals surface area contributed by atoms with Crippen LogP contribution in [0.15, 0.2) is 55.8 Å². The molecule has 10 nitrogen and oxygen atoms in total. The number of carbonyl (C=O) groups is 1. The summed E-state index contributed by atoms with van der Waals surface area (Å²) in [5.41, 5.74) is 1.80. The van der Waals surface area contributed by atoms with Crippen LogP contribution in [0.25, 0.3) is 22.3 Å². The van der Waals surface area contributed by atoms with Gasteiger partial charge in [-0.3, -0.25) is 9.48 Å². The number of halogens is 2. The Labute approximate surface area is 278 Å². The van der Waals surface area contributed by atoms with Gasteiger partial charge in [-0.2, -0.15) is 19.1 Å². The highest BCUT2D eigenvalue weighted by Crippen LogP contribution is 2.50. The number of amides is 1. The van der Waals surface area contributed by atoms with E-state index in [1.54, 1.807) is 4.90 Å². The first-order valence-corrected chi connectivity index (χ1v) is 16.7. The molecule has 2 aliphatic carbocycles. The molecular weight excluding hydrogens is 614 g/mol. The van der Waals surface area contributed by atoms with Crippen molar-refractivity contribution in [3.63, 3.8) is 0 Å². The normalized spacial score (nSPS) is 25.1. The Hall–Kier alpha value is -4.66. The molecule has 5 heterocycles. The molecule has 1 amide bonds. The first-order valence-electron chi connectivity index (χ1n) is 16.7. The van der Waals surface area contributed by atoms with Crippen LogP contribution >= 0.6 is 0 Å². The molecule has 4 aromatic heterocycles. The summed E-state index contributed by atoms with van der Waals surface area (Å²) in [5.74, 6) is -2.62. The van der Waals surface area contributed by atoms with Crippen LogP contribution in [0.5, 0.6) is 5.88 Å². The summed E-state index contributed by atoms with van der Waals surface area (Å²) in [6, 6.07) is 7.00. The number of nitrogens with one attached hydrogen (secondary N) is 1. The predicted octanol–water partition coefficient (Wildman–Crippen LogP) is 7.02. The molecule has 1 N–H and O–H groups in total. The number of nitriles is 1. The molecular formula is C36H40F2N8O2. The third-order valence-corrected chi connectivity index (χ3v) is 10.4. The standard InChI is InChI=1S/C36H40F2N8O2/c1-4-36(37,38)29-14-25(33(47)45-20-34(2,3)21-45)15-30(44-29)48-27-7-5-23(6-8-27)13-24-16-35(17-24,10-11-39)46-19-26(18-43-46)31-28-9-12-40-32(28)42-22-41-31/h4,9,12,14-15,18-19,22-24,27H,1,5-8,10,13,16-17,20-21H2,2-3H3,(H,40,41,42). The fourth-order valence-electron chi connectivity index (χ4n) is 7.95. The van der Waals surface area contributed by atoms with E-state index in [0.29, 0.717) is 37.4 Å². The van der Waals surface area contributed by atoms with Gasteiger partial charge in [-0.1, -0.05) is 20.4 Å². The number of alkyl halides is 2. The topological polar surface area (TPSA) is 126 Å². The molecule has 0 unspecified atom stereocenters. The number of rotatable bonds is 10. The number of carbonyl (C=O) groups excluding carboxylic acids is 1. The monoisotopic (exact) mass is 654 g/mol. The predicted molar refractivity (Wildman–Crippen MR) is 175 cm³/mol. The third-order valence-electron chi connectivity index (χ3n) is 10.4.